The van der Waals surface area contributed by atoms with Crippen molar-refractivity contribution < 1.29 is 15.0 Å². The van der Waals surface area contributed by atoms with Crippen LogP contribution in [0.15, 0.2) is 11.6 Å². The Morgan fingerprint density at radius 3 is 2.78 bits per heavy atom. The molecule has 1 fully saturated rings. The Hall–Kier alpha value is -0.670. The van der Waals surface area contributed by atoms with Gasteiger partial charge >= 0.3 is 0 Å². The van der Waals surface area contributed by atoms with Crippen molar-refractivity contribution in [1.29, 1.82) is 0 Å². The predicted molar refractivity (Wildman–Crippen MR) is 70.0 cm³/mol. The van der Waals surface area contributed by atoms with E-state index >= 15 is 0 Å². The van der Waals surface area contributed by atoms with Gasteiger partial charge in [-0.05, 0) is 56.4 Å². The van der Waals surface area contributed by atoms with E-state index in [-0.39, 0.29) is 23.7 Å². The highest BCUT2D eigenvalue weighted by Crippen LogP contribution is 2.56. The fraction of sp³-hybridized carbons (Fsp3) is 0.800. The summed E-state index contributed by atoms with van der Waals surface area (Å²) in [5.74, 6) is 0.694. The summed E-state index contributed by atoms with van der Waals surface area (Å²) in [6, 6.07) is 0. The van der Waals surface area contributed by atoms with E-state index in [0.29, 0.717) is 12.3 Å². The van der Waals surface area contributed by atoms with Crippen LogP contribution in [0.2, 0.25) is 0 Å². The van der Waals surface area contributed by atoms with Crippen molar-refractivity contribution in [2.45, 2.75) is 52.1 Å². The Kier molecular flexibility index (Phi) is 3.41. The summed E-state index contributed by atoms with van der Waals surface area (Å²) < 4.78 is 0. The van der Waals surface area contributed by atoms with Gasteiger partial charge in [0.2, 0.25) is 0 Å². The standard InChI is InChI=1S/C15H24O3/c1-10-6-13(17)7-11(2)15(10)5-4-12(8-15)14(3,18)9-16/h6,11-12,16,18H,4-5,7-9H2,1-3H3/t11?,12-,14+,15-/m1/s1. The molecular weight excluding hydrogens is 228 g/mol. The summed E-state index contributed by atoms with van der Waals surface area (Å²) >= 11 is 0. The van der Waals surface area contributed by atoms with E-state index in [1.54, 1.807) is 13.0 Å². The minimum atomic E-state index is -0.995. The number of aliphatic hydroxyl groups is 2. The van der Waals surface area contributed by atoms with E-state index in [4.69, 9.17) is 0 Å². The first kappa shape index (κ1) is 13.8. The molecule has 102 valence electrons. The molecule has 0 aromatic carbocycles. The number of allylic oxidation sites excluding steroid dienone is 2. The van der Waals surface area contributed by atoms with Crippen LogP contribution in [0.4, 0.5) is 0 Å². The Morgan fingerprint density at radius 1 is 1.56 bits per heavy atom. The van der Waals surface area contributed by atoms with E-state index < -0.39 is 5.60 Å². The lowest BCUT2D eigenvalue weighted by atomic mass is 9.64. The molecule has 0 aromatic heterocycles. The second kappa shape index (κ2) is 4.46. The minimum Gasteiger partial charge on any atom is -0.393 e. The third kappa shape index (κ3) is 2.04. The van der Waals surface area contributed by atoms with Crippen LogP contribution in [0.3, 0.4) is 0 Å². The predicted octanol–water partition coefficient (Wildman–Crippen LogP) is 2.07. The monoisotopic (exact) mass is 252 g/mol. The van der Waals surface area contributed by atoms with Crippen molar-refractivity contribution in [2.75, 3.05) is 6.61 Å². The molecule has 3 nitrogen and oxygen atoms in total. The van der Waals surface area contributed by atoms with Crippen molar-refractivity contribution in [2.24, 2.45) is 17.3 Å². The van der Waals surface area contributed by atoms with Gasteiger partial charge in [0.1, 0.15) is 0 Å². The molecule has 1 unspecified atom stereocenters. The fourth-order valence-electron chi connectivity index (χ4n) is 3.87. The first-order valence-corrected chi connectivity index (χ1v) is 6.86. The quantitative estimate of drug-likeness (QED) is 0.791. The van der Waals surface area contributed by atoms with Gasteiger partial charge in [-0.15, -0.1) is 0 Å². The highest BCUT2D eigenvalue weighted by Gasteiger charge is 2.50. The maximum Gasteiger partial charge on any atom is 0.155 e. The van der Waals surface area contributed by atoms with Gasteiger partial charge in [0, 0.05) is 6.42 Å². The second-order valence-corrected chi connectivity index (χ2v) is 6.51. The van der Waals surface area contributed by atoms with Crippen molar-refractivity contribution in [3.8, 4) is 0 Å². The van der Waals surface area contributed by atoms with Crippen LogP contribution in [0.25, 0.3) is 0 Å². The first-order valence-electron chi connectivity index (χ1n) is 6.86. The van der Waals surface area contributed by atoms with Crippen molar-refractivity contribution in [3.63, 3.8) is 0 Å². The summed E-state index contributed by atoms with van der Waals surface area (Å²) in [5.41, 5.74) is 0.241. The molecular formula is C15H24O3. The fourth-order valence-corrected chi connectivity index (χ4v) is 3.87. The molecule has 1 spiro atoms. The van der Waals surface area contributed by atoms with Gasteiger partial charge in [0.15, 0.2) is 5.78 Å². The van der Waals surface area contributed by atoms with Gasteiger partial charge in [0.05, 0.1) is 12.2 Å². The highest BCUT2D eigenvalue weighted by molar-refractivity contribution is 5.91. The van der Waals surface area contributed by atoms with Gasteiger partial charge < -0.3 is 10.2 Å². The lowest BCUT2D eigenvalue weighted by molar-refractivity contribution is -0.117. The first-order chi connectivity index (χ1) is 8.32. The molecule has 4 atom stereocenters. The Labute approximate surface area is 109 Å². The number of ketones is 1. The Bertz CT molecular complexity index is 383. The third-order valence-electron chi connectivity index (χ3n) is 5.36. The van der Waals surface area contributed by atoms with Crippen LogP contribution in [-0.4, -0.2) is 28.2 Å². The van der Waals surface area contributed by atoms with E-state index in [0.717, 1.165) is 19.3 Å². The van der Waals surface area contributed by atoms with E-state index in [1.165, 1.54) is 5.57 Å². The number of aliphatic hydroxyl groups excluding tert-OH is 1. The number of rotatable bonds is 2. The van der Waals surface area contributed by atoms with E-state index in [9.17, 15) is 15.0 Å². The van der Waals surface area contributed by atoms with Crippen molar-refractivity contribution >= 4 is 5.78 Å². The van der Waals surface area contributed by atoms with E-state index in [1.807, 2.05) is 6.92 Å². The molecule has 0 aromatic rings. The van der Waals surface area contributed by atoms with Gasteiger partial charge in [-0.25, -0.2) is 0 Å². The zero-order chi connectivity index (χ0) is 13.6. The van der Waals surface area contributed by atoms with Crippen molar-refractivity contribution in [3.05, 3.63) is 11.6 Å². The molecule has 0 bridgehead atoms. The topological polar surface area (TPSA) is 57.5 Å². The van der Waals surface area contributed by atoms with E-state index in [2.05, 4.69) is 6.92 Å². The zero-order valence-electron chi connectivity index (χ0n) is 11.6. The Morgan fingerprint density at radius 2 is 2.22 bits per heavy atom. The molecule has 0 aliphatic heterocycles. The molecule has 18 heavy (non-hydrogen) atoms. The summed E-state index contributed by atoms with van der Waals surface area (Å²) in [6.45, 7) is 5.71. The molecule has 2 rings (SSSR count). The summed E-state index contributed by atoms with van der Waals surface area (Å²) in [6.07, 6.45) is 5.24. The number of carbonyl (C=O) groups excluding carboxylic acids is 1. The normalized spacial score (nSPS) is 39.8. The van der Waals surface area contributed by atoms with Crippen LogP contribution < -0.4 is 0 Å². The largest absolute Gasteiger partial charge is 0.393 e. The SMILES string of the molecule is CC1=CC(=O)CC(C)[C@@]12CC[C@@H]([C@@](C)(O)CO)C2. The maximum atomic E-state index is 11.6. The summed E-state index contributed by atoms with van der Waals surface area (Å²) in [5, 5.41) is 19.5. The van der Waals surface area contributed by atoms with Crippen LogP contribution in [0, 0.1) is 17.3 Å². The van der Waals surface area contributed by atoms with Crippen LogP contribution in [0.1, 0.15) is 46.5 Å². The lowest BCUT2D eigenvalue weighted by Crippen LogP contribution is -2.39. The molecule has 0 amide bonds. The molecule has 2 N–H and O–H groups in total. The van der Waals surface area contributed by atoms with Gasteiger partial charge in [-0.3, -0.25) is 4.79 Å². The average Bonchev–Trinajstić information content (AvgIpc) is 2.73. The molecule has 0 radical (unpaired) electrons. The average molecular weight is 252 g/mol. The number of hydrogen-bond acceptors (Lipinski definition) is 3. The molecule has 0 heterocycles. The second-order valence-electron chi connectivity index (χ2n) is 6.51. The van der Waals surface area contributed by atoms with Gasteiger partial charge in [-0.1, -0.05) is 12.5 Å². The van der Waals surface area contributed by atoms with Gasteiger partial charge in [0.25, 0.3) is 0 Å². The maximum absolute atomic E-state index is 11.6. The molecule has 1 saturated carbocycles. The number of carbonyl (C=O) groups is 1. The molecule has 2 aliphatic carbocycles. The zero-order valence-corrected chi connectivity index (χ0v) is 11.6. The van der Waals surface area contributed by atoms with Crippen LogP contribution in [-0.2, 0) is 4.79 Å². The van der Waals surface area contributed by atoms with Gasteiger partial charge in [-0.2, -0.15) is 0 Å². The van der Waals surface area contributed by atoms with Crippen LogP contribution in [0.5, 0.6) is 0 Å². The minimum absolute atomic E-state index is 0.0672. The molecule has 2 aliphatic rings. The van der Waals surface area contributed by atoms with Crippen LogP contribution >= 0.6 is 0 Å². The molecule has 0 saturated heterocycles. The smallest absolute Gasteiger partial charge is 0.155 e. The molecule has 3 heteroatoms. The van der Waals surface area contributed by atoms with Crippen molar-refractivity contribution in [1.82, 2.24) is 0 Å². The third-order valence-corrected chi connectivity index (χ3v) is 5.36. The lowest BCUT2D eigenvalue weighted by Gasteiger charge is -2.40. The Balaban J connectivity index is 2.25. The number of hydrogen-bond donors (Lipinski definition) is 2. The highest BCUT2D eigenvalue weighted by atomic mass is 16.3. The summed E-state index contributed by atoms with van der Waals surface area (Å²) in [7, 11) is 0. The summed E-state index contributed by atoms with van der Waals surface area (Å²) in [4.78, 5) is 11.6.